The van der Waals surface area contributed by atoms with Gasteiger partial charge in [-0.25, -0.2) is 9.29 Å². The molecule has 2 aromatic carbocycles. The number of carbonyl (C=O) groups is 3. The highest BCUT2D eigenvalue weighted by atomic mass is 19.1. The van der Waals surface area contributed by atoms with Gasteiger partial charge in [-0.2, -0.15) is 0 Å². The average Bonchev–Trinajstić information content (AvgIpc) is 3.02. The predicted molar refractivity (Wildman–Crippen MR) is 106 cm³/mol. The minimum Gasteiger partial charge on any atom is -0.497 e. The van der Waals surface area contributed by atoms with Gasteiger partial charge in [0.2, 0.25) is 5.91 Å². The molecule has 3 amide bonds. The van der Waals surface area contributed by atoms with Gasteiger partial charge in [0.05, 0.1) is 19.2 Å². The number of halogens is 1. The maximum atomic E-state index is 13.3. The first-order valence-corrected chi connectivity index (χ1v) is 9.46. The van der Waals surface area contributed by atoms with Crippen molar-refractivity contribution in [1.29, 1.82) is 0 Å². The van der Waals surface area contributed by atoms with Crippen LogP contribution in [0.2, 0.25) is 0 Å². The average molecular weight is 398 g/mol. The number of ether oxygens (including phenoxy) is 1. The van der Waals surface area contributed by atoms with Gasteiger partial charge in [-0.3, -0.25) is 14.4 Å². The molecule has 0 aromatic heterocycles. The Kier molecular flexibility index (Phi) is 5.96. The van der Waals surface area contributed by atoms with Crippen LogP contribution in [-0.4, -0.2) is 41.8 Å². The number of hydrogen-bond donors (Lipinski definition) is 0. The van der Waals surface area contributed by atoms with Gasteiger partial charge in [0.15, 0.2) is 0 Å². The lowest BCUT2D eigenvalue weighted by Gasteiger charge is -2.33. The molecule has 152 valence electrons. The second-order valence-corrected chi connectivity index (χ2v) is 6.97. The summed E-state index contributed by atoms with van der Waals surface area (Å²) in [5.41, 5.74) is 0.673. The van der Waals surface area contributed by atoms with E-state index in [2.05, 4.69) is 0 Å². The summed E-state index contributed by atoms with van der Waals surface area (Å²) in [6, 6.07) is 10.7. The quantitative estimate of drug-likeness (QED) is 0.700. The topological polar surface area (TPSA) is 66.9 Å². The molecule has 0 N–H and O–H groups in total. The molecule has 0 bridgehead atoms. The van der Waals surface area contributed by atoms with Crippen molar-refractivity contribution in [3.63, 3.8) is 0 Å². The number of amides is 3. The zero-order valence-corrected chi connectivity index (χ0v) is 16.6. The van der Waals surface area contributed by atoms with E-state index in [1.165, 1.54) is 36.3 Å². The Balaban J connectivity index is 1.94. The number of rotatable bonds is 6. The summed E-state index contributed by atoms with van der Waals surface area (Å²) in [6.45, 7) is 3.76. The molecule has 1 saturated heterocycles. The minimum absolute atomic E-state index is 0.115. The monoisotopic (exact) mass is 398 g/mol. The van der Waals surface area contributed by atoms with Gasteiger partial charge in [-0.05, 0) is 55.8 Å². The van der Waals surface area contributed by atoms with Crippen molar-refractivity contribution >= 4 is 23.4 Å². The van der Waals surface area contributed by atoms with E-state index in [0.29, 0.717) is 23.4 Å². The molecule has 0 saturated carbocycles. The molecular weight excluding hydrogens is 375 g/mol. The van der Waals surface area contributed by atoms with Crippen LogP contribution in [0.25, 0.3) is 0 Å². The zero-order chi connectivity index (χ0) is 21.1. The fourth-order valence-electron chi connectivity index (χ4n) is 3.45. The third kappa shape index (κ3) is 3.99. The highest BCUT2D eigenvalue weighted by Crippen LogP contribution is 2.29. The van der Waals surface area contributed by atoms with Crippen molar-refractivity contribution in [3.05, 3.63) is 59.9 Å². The summed E-state index contributed by atoms with van der Waals surface area (Å²) in [5, 5.41) is 0. The Morgan fingerprint density at radius 3 is 2.55 bits per heavy atom. The van der Waals surface area contributed by atoms with Gasteiger partial charge in [-0.15, -0.1) is 0 Å². The summed E-state index contributed by atoms with van der Waals surface area (Å²) in [5.74, 6) is -1.18. The van der Waals surface area contributed by atoms with Gasteiger partial charge < -0.3 is 9.64 Å². The lowest BCUT2D eigenvalue weighted by Crippen LogP contribution is -2.49. The van der Waals surface area contributed by atoms with Crippen LogP contribution in [0, 0.1) is 5.82 Å². The number of anilines is 1. The first kappa shape index (κ1) is 20.5. The number of hydrogen-bond acceptors (Lipinski definition) is 4. The summed E-state index contributed by atoms with van der Waals surface area (Å²) in [7, 11) is 1.51. The van der Waals surface area contributed by atoms with Crippen molar-refractivity contribution in [2.24, 2.45) is 0 Å². The molecule has 29 heavy (non-hydrogen) atoms. The molecule has 2 unspecified atom stereocenters. The summed E-state index contributed by atoms with van der Waals surface area (Å²) in [6.07, 6.45) is 0.500. The van der Waals surface area contributed by atoms with Crippen LogP contribution < -0.4 is 9.64 Å². The van der Waals surface area contributed by atoms with Crippen LogP contribution in [0.3, 0.4) is 0 Å². The van der Waals surface area contributed by atoms with Crippen LogP contribution in [0.1, 0.15) is 37.0 Å². The van der Waals surface area contributed by atoms with Gasteiger partial charge in [0.25, 0.3) is 11.8 Å². The Morgan fingerprint density at radius 2 is 1.93 bits per heavy atom. The lowest BCUT2D eigenvalue weighted by molar-refractivity contribution is -0.122. The van der Waals surface area contributed by atoms with Crippen LogP contribution >= 0.6 is 0 Å². The number of nitrogens with zero attached hydrogens (tertiary/aromatic N) is 2. The molecule has 2 aromatic rings. The molecule has 1 aliphatic rings. The van der Waals surface area contributed by atoms with Gasteiger partial charge in [-0.1, -0.05) is 13.0 Å². The van der Waals surface area contributed by atoms with Crippen molar-refractivity contribution < 1.29 is 23.5 Å². The molecule has 0 radical (unpaired) electrons. The standard InChI is InChI=1S/C22H23FN2O4/c1-4-14(2)24(21(27)15-6-5-7-18(12-15)29-3)19-13-20(26)25(22(19)28)17-10-8-16(23)9-11-17/h5-12,14,19H,4,13H2,1-3H3. The van der Waals surface area contributed by atoms with Crippen LogP contribution in [0.15, 0.2) is 48.5 Å². The first-order chi connectivity index (χ1) is 13.9. The number of carbonyl (C=O) groups excluding carboxylic acids is 3. The van der Waals surface area contributed by atoms with Crippen LogP contribution in [0.5, 0.6) is 5.75 Å². The molecule has 6 nitrogen and oxygen atoms in total. The summed E-state index contributed by atoms with van der Waals surface area (Å²) in [4.78, 5) is 41.5. The fourth-order valence-corrected chi connectivity index (χ4v) is 3.45. The highest BCUT2D eigenvalue weighted by molar-refractivity contribution is 6.23. The van der Waals surface area contributed by atoms with Crippen molar-refractivity contribution in [2.45, 2.75) is 38.8 Å². The van der Waals surface area contributed by atoms with E-state index in [0.717, 1.165) is 4.90 Å². The number of methoxy groups -OCH3 is 1. The SMILES string of the molecule is CCC(C)N(C(=O)c1cccc(OC)c1)C1CC(=O)N(c2ccc(F)cc2)C1=O. The van der Waals surface area contributed by atoms with Crippen LogP contribution in [0.4, 0.5) is 10.1 Å². The molecule has 0 spiro atoms. The van der Waals surface area contributed by atoms with E-state index in [1.807, 2.05) is 13.8 Å². The van der Waals surface area contributed by atoms with E-state index >= 15 is 0 Å². The van der Waals surface area contributed by atoms with E-state index < -0.39 is 23.7 Å². The molecule has 3 rings (SSSR count). The number of imide groups is 1. The van der Waals surface area contributed by atoms with Crippen LogP contribution in [-0.2, 0) is 9.59 Å². The maximum Gasteiger partial charge on any atom is 0.257 e. The van der Waals surface area contributed by atoms with Gasteiger partial charge in [0.1, 0.15) is 17.6 Å². The molecule has 2 atom stereocenters. The largest absolute Gasteiger partial charge is 0.497 e. The Hall–Kier alpha value is -3.22. The van der Waals surface area contributed by atoms with E-state index in [1.54, 1.807) is 24.3 Å². The summed E-state index contributed by atoms with van der Waals surface area (Å²) >= 11 is 0. The maximum absolute atomic E-state index is 13.3. The van der Waals surface area contributed by atoms with E-state index in [4.69, 9.17) is 4.74 Å². The molecular formula is C22H23FN2O4. The normalized spacial score (nSPS) is 17.4. The first-order valence-electron chi connectivity index (χ1n) is 9.46. The molecule has 1 fully saturated rings. The van der Waals surface area contributed by atoms with E-state index in [9.17, 15) is 18.8 Å². The Morgan fingerprint density at radius 1 is 1.24 bits per heavy atom. The third-order valence-corrected chi connectivity index (χ3v) is 5.16. The van der Waals surface area contributed by atoms with E-state index in [-0.39, 0.29) is 18.4 Å². The molecule has 1 heterocycles. The zero-order valence-electron chi connectivity index (χ0n) is 16.6. The third-order valence-electron chi connectivity index (χ3n) is 5.16. The second kappa shape index (κ2) is 8.43. The Bertz CT molecular complexity index is 929. The van der Waals surface area contributed by atoms with Gasteiger partial charge in [0, 0.05) is 11.6 Å². The predicted octanol–water partition coefficient (Wildman–Crippen LogP) is 3.41. The van der Waals surface area contributed by atoms with Crippen molar-refractivity contribution in [3.8, 4) is 5.75 Å². The second-order valence-electron chi connectivity index (χ2n) is 6.97. The molecule has 7 heteroatoms. The van der Waals surface area contributed by atoms with Gasteiger partial charge >= 0.3 is 0 Å². The summed E-state index contributed by atoms with van der Waals surface area (Å²) < 4.78 is 18.4. The lowest BCUT2D eigenvalue weighted by atomic mass is 10.1. The number of benzene rings is 2. The fraction of sp³-hybridized carbons (Fsp3) is 0.318. The smallest absolute Gasteiger partial charge is 0.257 e. The molecule has 0 aliphatic carbocycles. The minimum atomic E-state index is -0.916. The van der Waals surface area contributed by atoms with Crippen molar-refractivity contribution in [2.75, 3.05) is 12.0 Å². The highest BCUT2D eigenvalue weighted by Gasteiger charge is 2.45. The van der Waals surface area contributed by atoms with Crippen molar-refractivity contribution in [1.82, 2.24) is 4.90 Å². The Labute approximate surface area is 168 Å². The molecule has 1 aliphatic heterocycles.